The summed E-state index contributed by atoms with van der Waals surface area (Å²) in [4.78, 5) is 67.1. The summed E-state index contributed by atoms with van der Waals surface area (Å²) in [6.07, 6.45) is 3.55. The van der Waals surface area contributed by atoms with Crippen molar-refractivity contribution in [2.75, 3.05) is 37.6 Å². The molecule has 12 heteroatoms. The van der Waals surface area contributed by atoms with Gasteiger partial charge >= 0.3 is 6.09 Å². The van der Waals surface area contributed by atoms with E-state index in [1.165, 1.54) is 6.07 Å². The second kappa shape index (κ2) is 11.4. The van der Waals surface area contributed by atoms with Crippen molar-refractivity contribution >= 4 is 35.4 Å². The molecule has 3 aliphatic heterocycles. The van der Waals surface area contributed by atoms with Crippen molar-refractivity contribution in [1.29, 1.82) is 0 Å². The third kappa shape index (κ3) is 6.37. The van der Waals surface area contributed by atoms with Gasteiger partial charge in [-0.05, 0) is 70.9 Å². The summed E-state index contributed by atoms with van der Waals surface area (Å²) < 4.78 is 20.6. The fourth-order valence-corrected chi connectivity index (χ4v) is 6.22. The first kappa shape index (κ1) is 29.0. The minimum atomic E-state index is -1.08. The Balaban J connectivity index is 1.14. The molecule has 1 unspecified atom stereocenters. The van der Waals surface area contributed by atoms with E-state index in [4.69, 9.17) is 4.74 Å². The van der Waals surface area contributed by atoms with E-state index in [-0.39, 0.29) is 41.8 Å². The smallest absolute Gasteiger partial charge is 0.407 e. The number of rotatable bonds is 5. The lowest BCUT2D eigenvalue weighted by atomic mass is 9.85. The van der Waals surface area contributed by atoms with Crippen molar-refractivity contribution in [2.24, 2.45) is 5.92 Å². The van der Waals surface area contributed by atoms with E-state index in [0.717, 1.165) is 56.3 Å². The Morgan fingerprint density at radius 2 is 1.61 bits per heavy atom. The van der Waals surface area contributed by atoms with Crippen molar-refractivity contribution in [3.8, 4) is 0 Å². The zero-order chi connectivity index (χ0) is 29.5. The van der Waals surface area contributed by atoms with Crippen LogP contribution in [0.1, 0.15) is 80.0 Å². The maximum absolute atomic E-state index is 15.2. The lowest BCUT2D eigenvalue weighted by Gasteiger charge is -2.39. The summed E-state index contributed by atoms with van der Waals surface area (Å²) in [5, 5.41) is 5.15. The second-order valence-corrected chi connectivity index (χ2v) is 12.4. The highest BCUT2D eigenvalue weighted by Crippen LogP contribution is 2.33. The van der Waals surface area contributed by atoms with Crippen LogP contribution in [0.2, 0.25) is 0 Å². The molecule has 41 heavy (non-hydrogen) atoms. The van der Waals surface area contributed by atoms with Gasteiger partial charge < -0.3 is 15.0 Å². The third-order valence-corrected chi connectivity index (χ3v) is 8.30. The van der Waals surface area contributed by atoms with Crippen LogP contribution in [0.3, 0.4) is 0 Å². The molecular formula is C29H38FN5O6. The number of nitrogens with zero attached hydrogens (tertiary/aromatic N) is 3. The van der Waals surface area contributed by atoms with Crippen molar-refractivity contribution in [3.05, 3.63) is 29.1 Å². The topological polar surface area (TPSA) is 128 Å². The van der Waals surface area contributed by atoms with E-state index < -0.39 is 41.1 Å². The second-order valence-electron chi connectivity index (χ2n) is 12.4. The van der Waals surface area contributed by atoms with Crippen LogP contribution in [0.4, 0.5) is 14.9 Å². The third-order valence-electron chi connectivity index (χ3n) is 8.30. The number of alkyl carbamates (subject to hydrolysis) is 1. The predicted molar refractivity (Wildman–Crippen MR) is 147 cm³/mol. The quantitative estimate of drug-likeness (QED) is 0.516. The van der Waals surface area contributed by atoms with Gasteiger partial charge in [-0.25, -0.2) is 9.18 Å². The number of piperazine rings is 1. The number of hydrogen-bond donors (Lipinski definition) is 2. The van der Waals surface area contributed by atoms with Crippen LogP contribution in [0.15, 0.2) is 12.1 Å². The van der Waals surface area contributed by atoms with E-state index in [1.807, 2.05) is 25.7 Å². The van der Waals surface area contributed by atoms with Gasteiger partial charge in [-0.2, -0.15) is 0 Å². The Kier molecular flexibility index (Phi) is 8.04. The zero-order valence-electron chi connectivity index (χ0n) is 23.8. The number of ether oxygens (including phenoxy) is 1. The number of fused-ring (bicyclic) bond motifs is 1. The molecule has 11 nitrogen and oxygen atoms in total. The van der Waals surface area contributed by atoms with Crippen LogP contribution >= 0.6 is 0 Å². The van der Waals surface area contributed by atoms with Crippen LogP contribution in [-0.4, -0.2) is 89.9 Å². The Hall–Kier alpha value is -3.54. The minimum Gasteiger partial charge on any atom is -0.444 e. The highest BCUT2D eigenvalue weighted by molar-refractivity contribution is 6.23. The van der Waals surface area contributed by atoms with Gasteiger partial charge in [-0.15, -0.1) is 0 Å². The van der Waals surface area contributed by atoms with Crippen molar-refractivity contribution in [2.45, 2.75) is 77.0 Å². The van der Waals surface area contributed by atoms with Gasteiger partial charge in [-0.3, -0.25) is 34.3 Å². The molecule has 2 saturated heterocycles. The molecule has 5 amide bonds. The standard InChI is InChI=1S/C29H38FN5O6/c1-29(2,3)41-28(40)31-18-6-4-17(5-7-18)16-33-10-12-34(13-11-33)23-15-20-19(14-21(23)30)26(38)35(27(20)39)22-8-9-24(36)32-25(22)37/h14-15,17-18,22H,4-13,16H2,1-3H3,(H,31,40)(H,32,36,37)/t17-,18-,22?. The summed E-state index contributed by atoms with van der Waals surface area (Å²) in [5.41, 5.74) is -0.232. The molecule has 0 radical (unpaired) electrons. The van der Waals surface area contributed by atoms with E-state index in [0.29, 0.717) is 19.0 Å². The molecule has 222 valence electrons. The van der Waals surface area contributed by atoms with Crippen LogP contribution in [-0.2, 0) is 14.3 Å². The van der Waals surface area contributed by atoms with Crippen LogP contribution in [0.5, 0.6) is 0 Å². The molecule has 2 N–H and O–H groups in total. The molecule has 0 bridgehead atoms. The molecule has 1 atom stereocenters. The summed E-state index contributed by atoms with van der Waals surface area (Å²) in [5.74, 6) is -2.56. The average Bonchev–Trinajstić information content (AvgIpc) is 3.13. The van der Waals surface area contributed by atoms with Crippen molar-refractivity contribution in [1.82, 2.24) is 20.4 Å². The van der Waals surface area contributed by atoms with E-state index >= 15 is 4.39 Å². The number of amides is 5. The first-order chi connectivity index (χ1) is 19.4. The van der Waals surface area contributed by atoms with Gasteiger partial charge in [0.2, 0.25) is 11.8 Å². The first-order valence-corrected chi connectivity index (χ1v) is 14.4. The predicted octanol–water partition coefficient (Wildman–Crippen LogP) is 2.43. The van der Waals surface area contributed by atoms with Crippen LogP contribution in [0, 0.1) is 11.7 Å². The number of imide groups is 2. The van der Waals surface area contributed by atoms with Crippen LogP contribution in [0.25, 0.3) is 0 Å². The lowest BCUT2D eigenvalue weighted by molar-refractivity contribution is -0.136. The molecule has 5 rings (SSSR count). The van der Waals surface area contributed by atoms with Gasteiger partial charge in [0.05, 0.1) is 16.8 Å². The molecule has 3 fully saturated rings. The monoisotopic (exact) mass is 571 g/mol. The Morgan fingerprint density at radius 1 is 0.976 bits per heavy atom. The molecule has 1 aromatic carbocycles. The van der Waals surface area contributed by atoms with Gasteiger partial charge in [-0.1, -0.05) is 0 Å². The largest absolute Gasteiger partial charge is 0.444 e. The maximum Gasteiger partial charge on any atom is 0.407 e. The summed E-state index contributed by atoms with van der Waals surface area (Å²) >= 11 is 0. The Labute approximate surface area is 238 Å². The number of hydrogen-bond acceptors (Lipinski definition) is 8. The molecule has 1 aromatic rings. The number of piperidine rings is 1. The van der Waals surface area contributed by atoms with E-state index in [9.17, 15) is 24.0 Å². The first-order valence-electron chi connectivity index (χ1n) is 14.4. The van der Waals surface area contributed by atoms with Crippen molar-refractivity contribution in [3.63, 3.8) is 0 Å². The van der Waals surface area contributed by atoms with Gasteiger partial charge in [0, 0.05) is 45.2 Å². The Bertz CT molecular complexity index is 1250. The molecular weight excluding hydrogens is 533 g/mol. The summed E-state index contributed by atoms with van der Waals surface area (Å²) in [7, 11) is 0. The highest BCUT2D eigenvalue weighted by atomic mass is 19.1. The summed E-state index contributed by atoms with van der Waals surface area (Å²) in [6, 6.07) is 1.55. The molecule has 0 aromatic heterocycles. The van der Waals surface area contributed by atoms with Gasteiger partial charge in [0.25, 0.3) is 11.8 Å². The van der Waals surface area contributed by atoms with Crippen LogP contribution < -0.4 is 15.5 Å². The molecule has 0 spiro atoms. The number of carbonyl (C=O) groups is 5. The van der Waals surface area contributed by atoms with E-state index in [1.54, 1.807) is 0 Å². The molecule has 4 aliphatic rings. The Morgan fingerprint density at radius 3 is 2.22 bits per heavy atom. The number of carbonyl (C=O) groups excluding carboxylic acids is 5. The summed E-state index contributed by atoms with van der Waals surface area (Å²) in [6.45, 7) is 9.10. The SMILES string of the molecule is CC(C)(C)OC(=O)N[C@H]1CC[C@H](CN2CCN(c3cc4c(cc3F)C(=O)N(C3CCC(=O)NC3=O)C4=O)CC2)CC1. The number of nitrogens with one attached hydrogen (secondary N) is 2. The average molecular weight is 572 g/mol. The number of halogens is 1. The zero-order valence-corrected chi connectivity index (χ0v) is 23.8. The maximum atomic E-state index is 15.2. The fraction of sp³-hybridized carbons (Fsp3) is 0.621. The van der Waals surface area contributed by atoms with Gasteiger partial charge in [0.1, 0.15) is 17.5 Å². The minimum absolute atomic E-state index is 0.0259. The molecule has 1 saturated carbocycles. The van der Waals surface area contributed by atoms with Gasteiger partial charge in [0.15, 0.2) is 0 Å². The lowest BCUT2D eigenvalue weighted by Crippen LogP contribution is -2.54. The molecule has 1 aliphatic carbocycles. The number of benzene rings is 1. The normalized spacial score (nSPS) is 25.7. The van der Waals surface area contributed by atoms with Crippen molar-refractivity contribution < 1.29 is 33.1 Å². The van der Waals surface area contributed by atoms with E-state index in [2.05, 4.69) is 15.5 Å². The highest BCUT2D eigenvalue weighted by Gasteiger charge is 2.45. The fourth-order valence-electron chi connectivity index (χ4n) is 6.22. The molecule has 3 heterocycles. The number of anilines is 1.